The van der Waals surface area contributed by atoms with Crippen molar-refractivity contribution in [2.45, 2.75) is 19.9 Å². The highest BCUT2D eigenvalue weighted by atomic mass is 19.1. The van der Waals surface area contributed by atoms with Gasteiger partial charge in [-0.3, -0.25) is 19.5 Å². The molecule has 38 heavy (non-hydrogen) atoms. The molecule has 0 radical (unpaired) electrons. The fraction of sp³-hybridized carbons (Fsp3) is 0.207. The van der Waals surface area contributed by atoms with Crippen molar-refractivity contribution >= 4 is 17.8 Å². The predicted octanol–water partition coefficient (Wildman–Crippen LogP) is 5.18. The first kappa shape index (κ1) is 26.4. The van der Waals surface area contributed by atoms with E-state index in [1.165, 1.54) is 23.1 Å². The lowest BCUT2D eigenvalue weighted by Gasteiger charge is -2.26. The van der Waals surface area contributed by atoms with Gasteiger partial charge in [0.05, 0.1) is 25.5 Å². The van der Waals surface area contributed by atoms with Gasteiger partial charge in [-0.2, -0.15) is 0 Å². The number of imidazole rings is 1. The molecule has 2 amide bonds. The first-order valence-corrected chi connectivity index (χ1v) is 12.0. The quantitative estimate of drug-likeness (QED) is 0.331. The number of nitrogens with one attached hydrogen (secondary N) is 1. The number of nitrogens with zero attached hydrogens (tertiary/aromatic N) is 3. The van der Waals surface area contributed by atoms with Gasteiger partial charge >= 0.3 is 0 Å². The maximum atomic E-state index is 14.3. The Morgan fingerprint density at radius 1 is 0.947 bits per heavy atom. The maximum Gasteiger partial charge on any atom is 0.257 e. The topological polar surface area (TPSA) is 85.7 Å². The minimum absolute atomic E-state index is 0.0875. The molecule has 0 bridgehead atoms. The molecule has 0 saturated carbocycles. The Morgan fingerprint density at radius 2 is 1.55 bits per heavy atom. The molecule has 0 unspecified atom stereocenters. The third kappa shape index (κ3) is 5.83. The minimum Gasteiger partial charge on any atom is -0.497 e. The molecule has 4 aromatic rings. The lowest BCUT2D eigenvalue weighted by atomic mass is 10.1. The smallest absolute Gasteiger partial charge is 0.257 e. The fourth-order valence-corrected chi connectivity index (χ4v) is 3.91. The van der Waals surface area contributed by atoms with Crippen molar-refractivity contribution in [1.82, 2.24) is 14.5 Å². The van der Waals surface area contributed by atoms with E-state index < -0.39 is 17.6 Å². The molecule has 1 heterocycles. The highest BCUT2D eigenvalue weighted by Gasteiger charge is 2.25. The van der Waals surface area contributed by atoms with Gasteiger partial charge in [-0.05, 0) is 74.5 Å². The van der Waals surface area contributed by atoms with E-state index in [4.69, 9.17) is 9.47 Å². The average Bonchev–Trinajstić information content (AvgIpc) is 3.35. The van der Waals surface area contributed by atoms with Crippen LogP contribution in [0.25, 0.3) is 16.9 Å². The van der Waals surface area contributed by atoms with Crippen LogP contribution in [0.15, 0.2) is 79.0 Å². The number of ether oxygens (including phenoxy) is 2. The van der Waals surface area contributed by atoms with Gasteiger partial charge < -0.3 is 14.4 Å². The van der Waals surface area contributed by atoms with Crippen molar-refractivity contribution in [2.75, 3.05) is 26.1 Å². The Labute approximate surface area is 220 Å². The maximum absolute atomic E-state index is 14.3. The zero-order valence-corrected chi connectivity index (χ0v) is 21.6. The van der Waals surface area contributed by atoms with Gasteiger partial charge in [-0.25, -0.2) is 9.37 Å². The summed E-state index contributed by atoms with van der Waals surface area (Å²) in [6.07, 6.45) is 1.81. The van der Waals surface area contributed by atoms with Crippen molar-refractivity contribution in [1.29, 1.82) is 0 Å². The number of carbonyl (C=O) groups excluding carboxylic acids is 2. The lowest BCUT2D eigenvalue weighted by Crippen LogP contribution is -2.42. The molecule has 4 rings (SSSR count). The second kappa shape index (κ2) is 11.6. The molecule has 0 saturated heterocycles. The second-order valence-electron chi connectivity index (χ2n) is 8.80. The molecule has 1 aromatic heterocycles. The van der Waals surface area contributed by atoms with E-state index in [1.54, 1.807) is 38.7 Å². The molecular formula is C29H29FN4O4. The summed E-state index contributed by atoms with van der Waals surface area (Å²) in [4.78, 5) is 32.2. The number of anilines is 1. The Kier molecular flexibility index (Phi) is 8.06. The van der Waals surface area contributed by atoms with E-state index in [9.17, 15) is 14.0 Å². The summed E-state index contributed by atoms with van der Waals surface area (Å²) >= 11 is 0. The van der Waals surface area contributed by atoms with Crippen molar-refractivity contribution in [3.05, 3.63) is 90.4 Å². The van der Waals surface area contributed by atoms with Crippen LogP contribution in [0.2, 0.25) is 0 Å². The van der Waals surface area contributed by atoms with Crippen LogP contribution in [0.4, 0.5) is 10.3 Å². The molecule has 0 atom stereocenters. The summed E-state index contributed by atoms with van der Waals surface area (Å²) in [7, 11) is 3.18. The van der Waals surface area contributed by atoms with Crippen LogP contribution in [-0.4, -0.2) is 53.1 Å². The van der Waals surface area contributed by atoms with Gasteiger partial charge in [0.1, 0.15) is 23.9 Å². The van der Waals surface area contributed by atoms with E-state index in [-0.39, 0.29) is 24.1 Å². The van der Waals surface area contributed by atoms with Crippen LogP contribution >= 0.6 is 0 Å². The van der Waals surface area contributed by atoms with Gasteiger partial charge in [0, 0.05) is 23.5 Å². The van der Waals surface area contributed by atoms with Crippen LogP contribution < -0.4 is 14.8 Å². The fourth-order valence-electron chi connectivity index (χ4n) is 3.91. The number of methoxy groups -OCH3 is 2. The van der Waals surface area contributed by atoms with Crippen LogP contribution in [0.5, 0.6) is 11.5 Å². The van der Waals surface area contributed by atoms with Crippen molar-refractivity contribution in [2.24, 2.45) is 0 Å². The number of hydrogen-bond acceptors (Lipinski definition) is 5. The van der Waals surface area contributed by atoms with Gasteiger partial charge in [-0.1, -0.05) is 12.1 Å². The van der Waals surface area contributed by atoms with E-state index in [0.717, 1.165) is 11.3 Å². The molecule has 1 N–H and O–H groups in total. The highest BCUT2D eigenvalue weighted by Crippen LogP contribution is 2.27. The van der Waals surface area contributed by atoms with Crippen LogP contribution in [0.1, 0.15) is 24.2 Å². The molecule has 0 aliphatic carbocycles. The number of halogens is 1. The molecule has 0 aliphatic rings. The van der Waals surface area contributed by atoms with Gasteiger partial charge in [0.25, 0.3) is 5.91 Å². The van der Waals surface area contributed by atoms with E-state index in [0.29, 0.717) is 17.2 Å². The number of aromatic nitrogens is 2. The van der Waals surface area contributed by atoms with Crippen molar-refractivity contribution in [3.8, 4) is 28.4 Å². The van der Waals surface area contributed by atoms with Crippen LogP contribution in [-0.2, 0) is 4.79 Å². The number of rotatable bonds is 9. The summed E-state index contributed by atoms with van der Waals surface area (Å²) in [5.41, 5.74) is 2.11. The normalized spacial score (nSPS) is 10.8. The molecule has 0 fully saturated rings. The standard InChI is InChI=1S/C29H29FN4O4/c1-19(2)33(28(36)24-7-5-6-8-25(24)30)18-27(35)32-29-31-26(20-9-13-22(37-3)14-10-20)17-34(29)21-11-15-23(38-4)16-12-21/h5-17,19H,18H2,1-4H3,(H,31,32,35). The first-order valence-electron chi connectivity index (χ1n) is 12.0. The predicted molar refractivity (Wildman–Crippen MR) is 143 cm³/mol. The Hall–Kier alpha value is -4.66. The molecular weight excluding hydrogens is 487 g/mol. The van der Waals surface area contributed by atoms with Gasteiger partial charge in [0.2, 0.25) is 11.9 Å². The zero-order chi connectivity index (χ0) is 27.2. The molecule has 9 heteroatoms. The van der Waals surface area contributed by atoms with E-state index >= 15 is 0 Å². The third-order valence-corrected chi connectivity index (χ3v) is 6.00. The lowest BCUT2D eigenvalue weighted by molar-refractivity contribution is -0.117. The molecule has 196 valence electrons. The van der Waals surface area contributed by atoms with Crippen LogP contribution in [0.3, 0.4) is 0 Å². The summed E-state index contributed by atoms with van der Waals surface area (Å²) in [6, 6.07) is 20.1. The second-order valence-corrected chi connectivity index (χ2v) is 8.80. The SMILES string of the molecule is COc1ccc(-c2cn(-c3ccc(OC)cc3)c(NC(=O)CN(C(=O)c3ccccc3F)C(C)C)n2)cc1. The summed E-state index contributed by atoms with van der Waals surface area (Å²) < 4.78 is 26.5. The molecule has 0 aliphatic heterocycles. The molecule has 3 aromatic carbocycles. The molecule has 8 nitrogen and oxygen atoms in total. The van der Waals surface area contributed by atoms with E-state index in [1.807, 2.05) is 54.7 Å². The summed E-state index contributed by atoms with van der Waals surface area (Å²) in [5.74, 6) is 0.00527. The van der Waals surface area contributed by atoms with Crippen LogP contribution in [0, 0.1) is 5.82 Å². The number of benzene rings is 3. The number of carbonyl (C=O) groups is 2. The number of hydrogen-bond donors (Lipinski definition) is 1. The third-order valence-electron chi connectivity index (χ3n) is 6.00. The van der Waals surface area contributed by atoms with Crippen molar-refractivity contribution < 1.29 is 23.5 Å². The highest BCUT2D eigenvalue weighted by molar-refractivity contribution is 5.99. The Morgan fingerprint density at radius 3 is 2.13 bits per heavy atom. The Bertz CT molecular complexity index is 1420. The summed E-state index contributed by atoms with van der Waals surface area (Å²) in [5, 5.41) is 2.83. The van der Waals surface area contributed by atoms with Gasteiger partial charge in [-0.15, -0.1) is 0 Å². The van der Waals surface area contributed by atoms with Gasteiger partial charge in [0.15, 0.2) is 0 Å². The zero-order valence-electron chi connectivity index (χ0n) is 21.6. The average molecular weight is 517 g/mol. The summed E-state index contributed by atoms with van der Waals surface area (Å²) in [6.45, 7) is 3.26. The first-order chi connectivity index (χ1) is 18.3. The number of amides is 2. The minimum atomic E-state index is -0.636. The monoisotopic (exact) mass is 516 g/mol. The van der Waals surface area contributed by atoms with E-state index in [2.05, 4.69) is 10.3 Å². The van der Waals surface area contributed by atoms with Crippen molar-refractivity contribution in [3.63, 3.8) is 0 Å². The molecule has 0 spiro atoms. The Balaban J connectivity index is 1.63. The largest absolute Gasteiger partial charge is 0.497 e.